The van der Waals surface area contributed by atoms with Crippen molar-refractivity contribution in [3.8, 4) is 0 Å². The first-order valence-electron chi connectivity index (χ1n) is 6.52. The second-order valence-electron chi connectivity index (χ2n) is 6.34. The SMILES string of the molecule is CC(C)(C)c1nc(N)cc(NC(C)(C)c2nccs2)n1. The number of thiazole rings is 1. The van der Waals surface area contributed by atoms with Gasteiger partial charge in [-0.3, -0.25) is 0 Å². The van der Waals surface area contributed by atoms with Crippen molar-refractivity contribution in [2.24, 2.45) is 0 Å². The fourth-order valence-corrected chi connectivity index (χ4v) is 2.49. The van der Waals surface area contributed by atoms with Crippen LogP contribution in [0.25, 0.3) is 0 Å². The van der Waals surface area contributed by atoms with Gasteiger partial charge in [0.25, 0.3) is 0 Å². The quantitative estimate of drug-likeness (QED) is 0.908. The summed E-state index contributed by atoms with van der Waals surface area (Å²) < 4.78 is 0. The van der Waals surface area contributed by atoms with Crippen LogP contribution < -0.4 is 11.1 Å². The molecule has 0 saturated carbocycles. The lowest BCUT2D eigenvalue weighted by Gasteiger charge is -2.26. The molecular formula is C14H21N5S. The Bertz CT molecular complexity index is 584. The van der Waals surface area contributed by atoms with Crippen LogP contribution in [0.15, 0.2) is 17.6 Å². The van der Waals surface area contributed by atoms with Gasteiger partial charge in [0.1, 0.15) is 22.5 Å². The molecule has 2 rings (SSSR count). The van der Waals surface area contributed by atoms with Crippen molar-refractivity contribution in [1.82, 2.24) is 15.0 Å². The summed E-state index contributed by atoms with van der Waals surface area (Å²) in [6.45, 7) is 10.3. The molecule has 0 amide bonds. The highest BCUT2D eigenvalue weighted by atomic mass is 32.1. The normalized spacial score (nSPS) is 12.4. The monoisotopic (exact) mass is 291 g/mol. The van der Waals surface area contributed by atoms with Crippen LogP contribution in [0.5, 0.6) is 0 Å². The zero-order chi connectivity index (χ0) is 15.0. The van der Waals surface area contributed by atoms with E-state index in [0.717, 1.165) is 16.6 Å². The van der Waals surface area contributed by atoms with E-state index in [-0.39, 0.29) is 11.0 Å². The predicted octanol–water partition coefficient (Wildman–Crippen LogP) is 3.16. The van der Waals surface area contributed by atoms with E-state index in [4.69, 9.17) is 5.73 Å². The van der Waals surface area contributed by atoms with E-state index in [2.05, 4.69) is 54.9 Å². The third-order valence-corrected chi connectivity index (χ3v) is 3.92. The number of anilines is 2. The molecule has 0 aliphatic heterocycles. The number of nitrogens with two attached hydrogens (primary N) is 1. The Morgan fingerprint density at radius 2 is 1.85 bits per heavy atom. The molecule has 2 aromatic rings. The molecule has 3 N–H and O–H groups in total. The van der Waals surface area contributed by atoms with Crippen molar-refractivity contribution in [2.75, 3.05) is 11.1 Å². The molecule has 0 spiro atoms. The van der Waals surface area contributed by atoms with Crippen LogP contribution >= 0.6 is 11.3 Å². The molecule has 0 aromatic carbocycles. The van der Waals surface area contributed by atoms with Crippen molar-refractivity contribution in [3.63, 3.8) is 0 Å². The number of nitrogens with zero attached hydrogens (tertiary/aromatic N) is 3. The van der Waals surface area contributed by atoms with E-state index in [1.165, 1.54) is 0 Å². The molecular weight excluding hydrogens is 270 g/mol. The highest BCUT2D eigenvalue weighted by Gasteiger charge is 2.25. The first-order valence-corrected chi connectivity index (χ1v) is 7.40. The molecule has 0 bridgehead atoms. The van der Waals surface area contributed by atoms with E-state index in [0.29, 0.717) is 5.82 Å². The second kappa shape index (κ2) is 5.01. The molecule has 2 heterocycles. The highest BCUT2D eigenvalue weighted by molar-refractivity contribution is 7.09. The number of aromatic nitrogens is 3. The zero-order valence-corrected chi connectivity index (χ0v) is 13.4. The van der Waals surface area contributed by atoms with E-state index in [1.807, 2.05) is 5.38 Å². The minimum Gasteiger partial charge on any atom is -0.384 e. The minimum absolute atomic E-state index is 0.142. The van der Waals surface area contributed by atoms with E-state index in [1.54, 1.807) is 23.6 Å². The van der Waals surface area contributed by atoms with Crippen LogP contribution in [0.3, 0.4) is 0 Å². The smallest absolute Gasteiger partial charge is 0.138 e. The van der Waals surface area contributed by atoms with Crippen molar-refractivity contribution >= 4 is 23.0 Å². The molecule has 5 nitrogen and oxygen atoms in total. The Labute approximate surface area is 123 Å². The summed E-state index contributed by atoms with van der Waals surface area (Å²) in [5.74, 6) is 1.93. The van der Waals surface area contributed by atoms with Gasteiger partial charge in [-0.1, -0.05) is 20.8 Å². The lowest BCUT2D eigenvalue weighted by atomic mass is 9.95. The molecule has 0 radical (unpaired) electrons. The molecule has 6 heteroatoms. The summed E-state index contributed by atoms with van der Waals surface area (Å²) in [5.41, 5.74) is 5.45. The van der Waals surface area contributed by atoms with Crippen LogP contribution in [0.1, 0.15) is 45.5 Å². The second-order valence-corrected chi connectivity index (χ2v) is 7.23. The van der Waals surface area contributed by atoms with Gasteiger partial charge in [-0.25, -0.2) is 15.0 Å². The Balaban J connectivity index is 2.32. The molecule has 0 fully saturated rings. The van der Waals surface area contributed by atoms with Crippen molar-refractivity contribution in [2.45, 2.75) is 45.6 Å². The van der Waals surface area contributed by atoms with Crippen molar-refractivity contribution < 1.29 is 0 Å². The molecule has 0 aliphatic carbocycles. The first-order chi connectivity index (χ1) is 9.18. The average Bonchev–Trinajstić information content (AvgIpc) is 2.79. The van der Waals surface area contributed by atoms with Crippen LogP contribution in [0, 0.1) is 0 Å². The number of hydrogen-bond donors (Lipinski definition) is 2. The summed E-state index contributed by atoms with van der Waals surface area (Å²) in [6.07, 6.45) is 1.80. The largest absolute Gasteiger partial charge is 0.384 e. The Morgan fingerprint density at radius 1 is 1.15 bits per heavy atom. The maximum Gasteiger partial charge on any atom is 0.138 e. The summed E-state index contributed by atoms with van der Waals surface area (Å²) in [7, 11) is 0. The summed E-state index contributed by atoms with van der Waals surface area (Å²) >= 11 is 1.61. The number of rotatable bonds is 3. The molecule has 108 valence electrons. The van der Waals surface area contributed by atoms with Crippen LogP contribution in [0.2, 0.25) is 0 Å². The lowest BCUT2D eigenvalue weighted by Crippen LogP contribution is -2.29. The van der Waals surface area contributed by atoms with Gasteiger partial charge in [0.2, 0.25) is 0 Å². The topological polar surface area (TPSA) is 76.7 Å². The van der Waals surface area contributed by atoms with Gasteiger partial charge in [0, 0.05) is 23.1 Å². The van der Waals surface area contributed by atoms with Crippen LogP contribution in [-0.4, -0.2) is 15.0 Å². The van der Waals surface area contributed by atoms with E-state index in [9.17, 15) is 0 Å². The Kier molecular flexibility index (Phi) is 3.69. The average molecular weight is 291 g/mol. The number of nitrogen functional groups attached to an aromatic ring is 1. The van der Waals surface area contributed by atoms with Gasteiger partial charge in [0.15, 0.2) is 0 Å². The first kappa shape index (κ1) is 14.7. The summed E-state index contributed by atoms with van der Waals surface area (Å²) in [4.78, 5) is 13.2. The van der Waals surface area contributed by atoms with Crippen molar-refractivity contribution in [3.05, 3.63) is 28.5 Å². The molecule has 20 heavy (non-hydrogen) atoms. The summed E-state index contributed by atoms with van der Waals surface area (Å²) in [5, 5.41) is 6.36. The fourth-order valence-electron chi connectivity index (χ4n) is 1.77. The molecule has 0 aliphatic rings. The van der Waals surface area contributed by atoms with E-state index < -0.39 is 0 Å². The molecule has 2 aromatic heterocycles. The highest BCUT2D eigenvalue weighted by Crippen LogP contribution is 2.28. The maximum atomic E-state index is 5.89. The van der Waals surface area contributed by atoms with Crippen LogP contribution in [-0.2, 0) is 11.0 Å². The van der Waals surface area contributed by atoms with Gasteiger partial charge in [-0.15, -0.1) is 11.3 Å². The Morgan fingerprint density at radius 3 is 2.40 bits per heavy atom. The van der Waals surface area contributed by atoms with Gasteiger partial charge >= 0.3 is 0 Å². The van der Waals surface area contributed by atoms with Gasteiger partial charge < -0.3 is 11.1 Å². The lowest BCUT2D eigenvalue weighted by molar-refractivity contribution is 0.542. The minimum atomic E-state index is -0.301. The Hall–Kier alpha value is -1.69. The molecule has 0 unspecified atom stereocenters. The molecule has 0 atom stereocenters. The molecule has 0 saturated heterocycles. The number of hydrogen-bond acceptors (Lipinski definition) is 6. The van der Waals surface area contributed by atoms with Gasteiger partial charge in [-0.05, 0) is 13.8 Å². The van der Waals surface area contributed by atoms with Crippen molar-refractivity contribution in [1.29, 1.82) is 0 Å². The number of nitrogens with one attached hydrogen (secondary N) is 1. The standard InChI is InChI=1S/C14H21N5S/c1-13(2,3)11-17-9(15)8-10(18-11)19-14(4,5)12-16-6-7-20-12/h6-8H,1-5H3,(H3,15,17,18,19). The van der Waals surface area contributed by atoms with Gasteiger partial charge in [-0.2, -0.15) is 0 Å². The third-order valence-electron chi connectivity index (χ3n) is 2.82. The van der Waals surface area contributed by atoms with E-state index >= 15 is 0 Å². The third kappa shape index (κ3) is 3.25. The van der Waals surface area contributed by atoms with Crippen LogP contribution in [0.4, 0.5) is 11.6 Å². The predicted molar refractivity (Wildman–Crippen MR) is 83.9 cm³/mol. The zero-order valence-electron chi connectivity index (χ0n) is 12.6. The fraction of sp³-hybridized carbons (Fsp3) is 0.500. The maximum absolute atomic E-state index is 5.89. The van der Waals surface area contributed by atoms with Gasteiger partial charge in [0.05, 0.1) is 5.54 Å². The summed E-state index contributed by atoms with van der Waals surface area (Å²) in [6, 6.07) is 1.75.